The Morgan fingerprint density at radius 3 is 1.56 bits per heavy atom. The molecule has 36 heavy (non-hydrogen) atoms. The second-order valence-electron chi connectivity index (χ2n) is 11.1. The molecule has 0 saturated carbocycles. The van der Waals surface area contributed by atoms with Crippen LogP contribution in [-0.4, -0.2) is 4.57 Å². The number of aryl methyl sites for hydroxylation is 2. The minimum atomic E-state index is 1.04. The van der Waals surface area contributed by atoms with Crippen molar-refractivity contribution in [3.63, 3.8) is 0 Å². The van der Waals surface area contributed by atoms with E-state index in [0.29, 0.717) is 0 Å². The first kappa shape index (κ1) is 30.7. The number of unbranched alkanes of at least 4 members (excludes halogenated alkanes) is 18. The van der Waals surface area contributed by atoms with Gasteiger partial charge in [0.05, 0.1) is 19.5 Å². The lowest BCUT2D eigenvalue weighted by Crippen LogP contribution is -2.37. The lowest BCUT2D eigenvalue weighted by molar-refractivity contribution is -0.703. The molecule has 0 bridgehead atoms. The lowest BCUT2D eigenvalue weighted by atomic mass is 10.1. The van der Waals surface area contributed by atoms with Crippen LogP contribution in [0.25, 0.3) is 0 Å². The van der Waals surface area contributed by atoms with Crippen molar-refractivity contribution in [3.05, 3.63) is 54.1 Å². The minimum Gasteiger partial charge on any atom is -0.234 e. The van der Waals surface area contributed by atoms with Gasteiger partial charge in [-0.3, -0.25) is 0 Å². The van der Waals surface area contributed by atoms with Crippen molar-refractivity contribution >= 4 is 0 Å². The highest BCUT2D eigenvalue weighted by molar-refractivity contribution is 5.18. The summed E-state index contributed by atoms with van der Waals surface area (Å²) in [7, 11) is 0. The van der Waals surface area contributed by atoms with Gasteiger partial charge in [0.2, 0.25) is 0 Å². The van der Waals surface area contributed by atoms with E-state index in [1.807, 2.05) is 0 Å². The van der Waals surface area contributed by atoms with Gasteiger partial charge in [-0.15, -0.1) is 0 Å². The van der Waals surface area contributed by atoms with Crippen molar-refractivity contribution in [2.45, 2.75) is 162 Å². The minimum absolute atomic E-state index is 1.04. The smallest absolute Gasteiger partial charge is 0.234 e. The van der Waals surface area contributed by atoms with Crippen LogP contribution in [0.5, 0.6) is 0 Å². The summed E-state index contributed by atoms with van der Waals surface area (Å²) < 4.78 is 5.10. The highest BCUT2D eigenvalue weighted by atomic mass is 15.1. The molecular formula is C34H59N2+. The fraction of sp³-hybridized carbons (Fsp3) is 0.735. The highest BCUT2D eigenvalue weighted by Gasteiger charge is 2.17. The van der Waals surface area contributed by atoms with Gasteiger partial charge >= 0.3 is 0 Å². The standard InChI is InChI=1S/C34H59N2/c1-3-5-7-9-11-13-14-16-18-20-25-29-36-31-30-35(34(36)32-33-26-22-21-23-27-33)28-24-19-17-15-12-10-8-6-4-2/h21-23,26-27,30-31H,3-20,24-25,28-29,32H2,1-2H3/q+1. The zero-order chi connectivity index (χ0) is 25.5. The third-order valence-corrected chi connectivity index (χ3v) is 7.80. The molecule has 2 nitrogen and oxygen atoms in total. The zero-order valence-electron chi connectivity index (χ0n) is 24.2. The van der Waals surface area contributed by atoms with Crippen LogP contribution < -0.4 is 4.57 Å². The van der Waals surface area contributed by atoms with E-state index in [4.69, 9.17) is 0 Å². The maximum Gasteiger partial charge on any atom is 0.260 e. The van der Waals surface area contributed by atoms with Gasteiger partial charge < -0.3 is 0 Å². The SMILES string of the molecule is CCCCCCCCCCCCCn1cc[n+](CCCCCCCCCCC)c1Cc1ccccc1. The van der Waals surface area contributed by atoms with Crippen LogP contribution in [0.3, 0.4) is 0 Å². The Morgan fingerprint density at radius 1 is 0.556 bits per heavy atom. The van der Waals surface area contributed by atoms with Crippen molar-refractivity contribution in [2.24, 2.45) is 0 Å². The van der Waals surface area contributed by atoms with Crippen molar-refractivity contribution in [1.82, 2.24) is 4.57 Å². The molecule has 2 aromatic rings. The molecule has 204 valence electrons. The molecular weight excluding hydrogens is 436 g/mol. The van der Waals surface area contributed by atoms with Crippen LogP contribution >= 0.6 is 0 Å². The molecule has 1 heterocycles. The molecule has 0 fully saturated rings. The molecule has 0 saturated heterocycles. The van der Waals surface area contributed by atoms with Gasteiger partial charge in [-0.05, 0) is 31.2 Å². The summed E-state index contributed by atoms with van der Waals surface area (Å²) >= 11 is 0. The van der Waals surface area contributed by atoms with Crippen molar-refractivity contribution in [3.8, 4) is 0 Å². The zero-order valence-corrected chi connectivity index (χ0v) is 24.2. The molecule has 2 heteroatoms. The maximum atomic E-state index is 2.55. The largest absolute Gasteiger partial charge is 0.260 e. The average molecular weight is 496 g/mol. The molecule has 2 rings (SSSR count). The van der Waals surface area contributed by atoms with Crippen LogP contribution in [0.1, 0.15) is 154 Å². The molecule has 1 aromatic heterocycles. The van der Waals surface area contributed by atoms with Gasteiger partial charge in [0.15, 0.2) is 0 Å². The summed E-state index contributed by atoms with van der Waals surface area (Å²) in [4.78, 5) is 0. The van der Waals surface area contributed by atoms with E-state index in [1.165, 1.54) is 153 Å². The molecule has 0 unspecified atom stereocenters. The topological polar surface area (TPSA) is 8.81 Å². The second-order valence-corrected chi connectivity index (χ2v) is 11.1. The van der Waals surface area contributed by atoms with Crippen molar-refractivity contribution < 1.29 is 4.57 Å². The number of imidazole rings is 1. The van der Waals surface area contributed by atoms with Crippen molar-refractivity contribution in [2.75, 3.05) is 0 Å². The van der Waals surface area contributed by atoms with E-state index in [1.54, 1.807) is 0 Å². The molecule has 0 aliphatic heterocycles. The van der Waals surface area contributed by atoms with Gasteiger partial charge in [-0.2, -0.15) is 0 Å². The number of hydrogen-bond acceptors (Lipinski definition) is 0. The van der Waals surface area contributed by atoms with E-state index < -0.39 is 0 Å². The summed E-state index contributed by atoms with van der Waals surface area (Å²) in [6.07, 6.45) is 33.8. The fourth-order valence-electron chi connectivity index (χ4n) is 5.43. The lowest BCUT2D eigenvalue weighted by Gasteiger charge is -2.07. The molecule has 0 atom stereocenters. The van der Waals surface area contributed by atoms with E-state index in [-0.39, 0.29) is 0 Å². The van der Waals surface area contributed by atoms with Gasteiger partial charge in [0.1, 0.15) is 12.4 Å². The highest BCUT2D eigenvalue weighted by Crippen LogP contribution is 2.14. The van der Waals surface area contributed by atoms with Gasteiger partial charge in [-0.1, -0.05) is 147 Å². The Balaban J connectivity index is 1.69. The first-order valence-electron chi connectivity index (χ1n) is 16.0. The first-order valence-corrected chi connectivity index (χ1v) is 16.0. The number of nitrogens with zero attached hydrogens (tertiary/aromatic N) is 2. The van der Waals surface area contributed by atoms with E-state index in [0.717, 1.165) is 6.42 Å². The Hall–Kier alpha value is -1.57. The fourth-order valence-corrected chi connectivity index (χ4v) is 5.43. The predicted octanol–water partition coefficient (Wildman–Crippen LogP) is 10.2. The number of benzene rings is 1. The van der Waals surface area contributed by atoms with Gasteiger partial charge in [0.25, 0.3) is 5.82 Å². The Bertz CT molecular complexity index is 733. The maximum absolute atomic E-state index is 2.55. The third-order valence-electron chi connectivity index (χ3n) is 7.80. The number of aromatic nitrogens is 2. The monoisotopic (exact) mass is 495 g/mol. The van der Waals surface area contributed by atoms with Crippen LogP contribution in [-0.2, 0) is 19.5 Å². The van der Waals surface area contributed by atoms with Gasteiger partial charge in [-0.25, -0.2) is 9.13 Å². The van der Waals surface area contributed by atoms with E-state index in [9.17, 15) is 0 Å². The summed E-state index contributed by atoms with van der Waals surface area (Å²) in [5.41, 5.74) is 1.43. The molecule has 0 spiro atoms. The molecule has 1 aromatic carbocycles. The molecule has 0 radical (unpaired) electrons. The van der Waals surface area contributed by atoms with Crippen LogP contribution in [0, 0.1) is 0 Å². The van der Waals surface area contributed by atoms with Crippen LogP contribution in [0.15, 0.2) is 42.7 Å². The summed E-state index contributed by atoms with van der Waals surface area (Å²) in [5, 5.41) is 0. The third kappa shape index (κ3) is 14.2. The molecule has 0 aliphatic carbocycles. The normalized spacial score (nSPS) is 11.4. The summed E-state index contributed by atoms with van der Waals surface area (Å²) in [6.45, 7) is 6.94. The van der Waals surface area contributed by atoms with Gasteiger partial charge in [0, 0.05) is 0 Å². The number of rotatable bonds is 24. The van der Waals surface area contributed by atoms with E-state index >= 15 is 0 Å². The Labute approximate surface area is 224 Å². The summed E-state index contributed by atoms with van der Waals surface area (Å²) in [5.74, 6) is 1.49. The van der Waals surface area contributed by atoms with Crippen molar-refractivity contribution in [1.29, 1.82) is 0 Å². The quantitative estimate of drug-likeness (QED) is 0.101. The van der Waals surface area contributed by atoms with Crippen LogP contribution in [0.2, 0.25) is 0 Å². The summed E-state index contributed by atoms with van der Waals surface area (Å²) in [6, 6.07) is 11.0. The molecule has 0 N–H and O–H groups in total. The first-order chi connectivity index (χ1) is 17.8. The Morgan fingerprint density at radius 2 is 1.03 bits per heavy atom. The predicted molar refractivity (Wildman–Crippen MR) is 158 cm³/mol. The number of hydrogen-bond donors (Lipinski definition) is 0. The average Bonchev–Trinajstić information content (AvgIpc) is 3.27. The molecule has 0 aliphatic rings. The van der Waals surface area contributed by atoms with E-state index in [2.05, 4.69) is 65.7 Å². The molecule has 0 amide bonds. The second kappa shape index (κ2) is 21.5. The Kier molecular flexibility index (Phi) is 18.3. The van der Waals surface area contributed by atoms with Crippen LogP contribution in [0.4, 0.5) is 0 Å².